The van der Waals surface area contributed by atoms with Gasteiger partial charge in [0, 0.05) is 18.4 Å². The Morgan fingerprint density at radius 3 is 2.37 bits per heavy atom. The van der Waals surface area contributed by atoms with Crippen molar-refractivity contribution < 1.29 is 9.18 Å². The molecule has 4 heteroatoms. The van der Waals surface area contributed by atoms with Gasteiger partial charge in [-0.3, -0.25) is 4.79 Å². The zero-order chi connectivity index (χ0) is 13.7. The molecule has 98 valence electrons. The lowest BCUT2D eigenvalue weighted by Gasteiger charge is -2.18. The molecule has 1 amide bonds. The van der Waals surface area contributed by atoms with Gasteiger partial charge in [0.1, 0.15) is 5.82 Å². The third-order valence-corrected chi connectivity index (χ3v) is 2.71. The minimum absolute atomic E-state index is 0.113. The zero-order valence-corrected chi connectivity index (χ0v) is 10.6. The molecule has 0 heterocycles. The van der Waals surface area contributed by atoms with Crippen LogP contribution in [0.4, 0.5) is 15.8 Å². The lowest BCUT2D eigenvalue weighted by molar-refractivity contribution is -0.114. The van der Waals surface area contributed by atoms with Gasteiger partial charge in [-0.1, -0.05) is 18.2 Å². The van der Waals surface area contributed by atoms with E-state index in [0.717, 1.165) is 11.4 Å². The highest BCUT2D eigenvalue weighted by molar-refractivity contribution is 5.93. The third kappa shape index (κ3) is 3.81. The molecule has 1 N–H and O–H groups in total. The monoisotopic (exact) mass is 258 g/mol. The van der Waals surface area contributed by atoms with Crippen LogP contribution in [-0.4, -0.2) is 19.5 Å². The molecule has 2 aromatic rings. The normalized spacial score (nSPS) is 10.0. The summed E-state index contributed by atoms with van der Waals surface area (Å²) < 4.78 is 12.8. The number of benzene rings is 2. The number of carbonyl (C=O) groups excluding carboxylic acids is 1. The van der Waals surface area contributed by atoms with E-state index in [2.05, 4.69) is 5.32 Å². The number of likely N-dealkylation sites (N-methyl/N-ethyl adjacent to an activating group) is 1. The maximum Gasteiger partial charge on any atom is 0.243 e. The van der Waals surface area contributed by atoms with Gasteiger partial charge in [0.05, 0.1) is 6.54 Å². The SMILES string of the molecule is CN(CC(=O)Nc1ccccc1)c1ccc(F)cc1. The van der Waals surface area contributed by atoms with Crippen LogP contribution in [-0.2, 0) is 4.79 Å². The van der Waals surface area contributed by atoms with Crippen LogP contribution >= 0.6 is 0 Å². The molecule has 19 heavy (non-hydrogen) atoms. The molecule has 0 spiro atoms. The first-order valence-corrected chi connectivity index (χ1v) is 5.97. The number of para-hydroxylation sites is 1. The summed E-state index contributed by atoms with van der Waals surface area (Å²) >= 11 is 0. The van der Waals surface area contributed by atoms with E-state index >= 15 is 0 Å². The zero-order valence-electron chi connectivity index (χ0n) is 10.6. The molecule has 3 nitrogen and oxygen atoms in total. The Kier molecular flexibility index (Phi) is 4.13. The average Bonchev–Trinajstić information content (AvgIpc) is 2.40. The number of nitrogens with zero attached hydrogens (tertiary/aromatic N) is 1. The van der Waals surface area contributed by atoms with Gasteiger partial charge in [-0.2, -0.15) is 0 Å². The van der Waals surface area contributed by atoms with Crippen LogP contribution < -0.4 is 10.2 Å². The molecule has 0 aromatic heterocycles. The van der Waals surface area contributed by atoms with E-state index in [1.807, 2.05) is 30.3 Å². The largest absolute Gasteiger partial charge is 0.365 e. The number of nitrogens with one attached hydrogen (secondary N) is 1. The van der Waals surface area contributed by atoms with Gasteiger partial charge in [-0.15, -0.1) is 0 Å². The summed E-state index contributed by atoms with van der Waals surface area (Å²) in [6.45, 7) is 0.209. The summed E-state index contributed by atoms with van der Waals surface area (Å²) in [5, 5.41) is 2.80. The summed E-state index contributed by atoms with van der Waals surface area (Å²) in [4.78, 5) is 13.6. The first kappa shape index (κ1) is 13.1. The van der Waals surface area contributed by atoms with Gasteiger partial charge in [0.2, 0.25) is 5.91 Å². The van der Waals surface area contributed by atoms with Crippen molar-refractivity contribution in [2.45, 2.75) is 0 Å². The van der Waals surface area contributed by atoms with Crippen molar-refractivity contribution in [3.05, 3.63) is 60.4 Å². The number of amides is 1. The Morgan fingerprint density at radius 1 is 1.11 bits per heavy atom. The molecule has 0 radical (unpaired) electrons. The lowest BCUT2D eigenvalue weighted by atomic mass is 10.3. The van der Waals surface area contributed by atoms with Crippen molar-refractivity contribution in [1.29, 1.82) is 0 Å². The van der Waals surface area contributed by atoms with E-state index in [1.165, 1.54) is 12.1 Å². The summed E-state index contributed by atoms with van der Waals surface area (Å²) in [6.07, 6.45) is 0. The van der Waals surface area contributed by atoms with E-state index in [9.17, 15) is 9.18 Å². The van der Waals surface area contributed by atoms with Gasteiger partial charge in [-0.05, 0) is 36.4 Å². The highest BCUT2D eigenvalue weighted by atomic mass is 19.1. The molecule has 0 atom stereocenters. The second-order valence-corrected chi connectivity index (χ2v) is 4.25. The van der Waals surface area contributed by atoms with Crippen LogP contribution in [0.5, 0.6) is 0 Å². The molecule has 0 aliphatic carbocycles. The summed E-state index contributed by atoms with van der Waals surface area (Å²) in [5.74, 6) is -0.399. The van der Waals surface area contributed by atoms with E-state index in [-0.39, 0.29) is 18.3 Å². The fourth-order valence-corrected chi connectivity index (χ4v) is 1.72. The van der Waals surface area contributed by atoms with E-state index < -0.39 is 0 Å². The molecule has 0 aliphatic heterocycles. The second kappa shape index (κ2) is 6.00. The predicted octanol–water partition coefficient (Wildman–Crippen LogP) is 2.90. The van der Waals surface area contributed by atoms with Crippen LogP contribution in [0.1, 0.15) is 0 Å². The molecule has 2 rings (SSSR count). The number of halogens is 1. The van der Waals surface area contributed by atoms with Gasteiger partial charge in [0.15, 0.2) is 0 Å². The van der Waals surface area contributed by atoms with Crippen molar-refractivity contribution in [3.63, 3.8) is 0 Å². The van der Waals surface area contributed by atoms with Gasteiger partial charge in [0.25, 0.3) is 0 Å². The second-order valence-electron chi connectivity index (χ2n) is 4.25. The molecule has 2 aromatic carbocycles. The fourth-order valence-electron chi connectivity index (χ4n) is 1.72. The smallest absolute Gasteiger partial charge is 0.243 e. The standard InChI is InChI=1S/C15H15FN2O/c1-18(14-9-7-12(16)8-10-14)11-15(19)17-13-5-3-2-4-6-13/h2-10H,11H2,1H3,(H,17,19). The summed E-state index contributed by atoms with van der Waals surface area (Å²) in [5.41, 5.74) is 1.56. The van der Waals surface area contributed by atoms with Crippen LogP contribution in [0.3, 0.4) is 0 Å². The minimum atomic E-state index is -0.286. The summed E-state index contributed by atoms with van der Waals surface area (Å²) in [6, 6.07) is 15.3. The number of carbonyl (C=O) groups is 1. The van der Waals surface area contributed by atoms with Crippen molar-refractivity contribution in [1.82, 2.24) is 0 Å². The molecule has 0 saturated carbocycles. The van der Waals surface area contributed by atoms with Gasteiger partial charge in [-0.25, -0.2) is 4.39 Å². The van der Waals surface area contributed by atoms with Crippen LogP contribution in [0.25, 0.3) is 0 Å². The van der Waals surface area contributed by atoms with Crippen molar-refractivity contribution in [2.24, 2.45) is 0 Å². The maximum atomic E-state index is 12.8. The summed E-state index contributed by atoms with van der Waals surface area (Å²) in [7, 11) is 1.79. The Labute approximate surface area is 111 Å². The molecular weight excluding hydrogens is 243 g/mol. The van der Waals surface area contributed by atoms with E-state index in [0.29, 0.717) is 0 Å². The molecule has 0 aliphatic rings. The maximum absolute atomic E-state index is 12.8. The molecule has 0 bridgehead atoms. The van der Waals surface area contributed by atoms with Crippen LogP contribution in [0, 0.1) is 5.82 Å². The lowest BCUT2D eigenvalue weighted by Crippen LogP contribution is -2.29. The Bertz CT molecular complexity index is 540. The Morgan fingerprint density at radius 2 is 1.74 bits per heavy atom. The number of rotatable bonds is 4. The fraction of sp³-hybridized carbons (Fsp3) is 0.133. The van der Waals surface area contributed by atoms with Crippen molar-refractivity contribution in [3.8, 4) is 0 Å². The highest BCUT2D eigenvalue weighted by Crippen LogP contribution is 2.13. The number of anilines is 2. The van der Waals surface area contributed by atoms with Gasteiger partial charge >= 0.3 is 0 Å². The molecule has 0 fully saturated rings. The first-order chi connectivity index (χ1) is 9.15. The Hall–Kier alpha value is -2.36. The van der Waals surface area contributed by atoms with E-state index in [1.54, 1.807) is 24.1 Å². The van der Waals surface area contributed by atoms with Crippen molar-refractivity contribution >= 4 is 17.3 Å². The molecular formula is C15H15FN2O. The Balaban J connectivity index is 1.93. The van der Waals surface area contributed by atoms with Crippen LogP contribution in [0.15, 0.2) is 54.6 Å². The highest BCUT2D eigenvalue weighted by Gasteiger charge is 2.07. The van der Waals surface area contributed by atoms with Gasteiger partial charge < -0.3 is 10.2 Å². The quantitative estimate of drug-likeness (QED) is 0.914. The van der Waals surface area contributed by atoms with E-state index in [4.69, 9.17) is 0 Å². The van der Waals surface area contributed by atoms with Crippen molar-refractivity contribution in [2.75, 3.05) is 23.8 Å². The number of hydrogen-bond donors (Lipinski definition) is 1. The minimum Gasteiger partial charge on any atom is -0.365 e. The first-order valence-electron chi connectivity index (χ1n) is 5.97. The third-order valence-electron chi connectivity index (χ3n) is 2.71. The number of hydrogen-bond acceptors (Lipinski definition) is 2. The van der Waals surface area contributed by atoms with Crippen LogP contribution in [0.2, 0.25) is 0 Å². The molecule has 0 unspecified atom stereocenters. The molecule has 0 saturated heterocycles. The topological polar surface area (TPSA) is 32.3 Å². The average molecular weight is 258 g/mol. The predicted molar refractivity (Wildman–Crippen MR) is 74.7 cm³/mol.